The van der Waals surface area contributed by atoms with Crippen molar-refractivity contribution in [3.8, 4) is 0 Å². The minimum absolute atomic E-state index is 0. The summed E-state index contributed by atoms with van der Waals surface area (Å²) in [5.74, 6) is 0.248. The van der Waals surface area contributed by atoms with E-state index in [1.807, 2.05) is 12.1 Å². The Bertz CT molecular complexity index is 503. The molecule has 8 heteroatoms. The number of anilines is 2. The van der Waals surface area contributed by atoms with Gasteiger partial charge in [0.15, 0.2) is 0 Å². The van der Waals surface area contributed by atoms with Crippen molar-refractivity contribution in [3.63, 3.8) is 0 Å². The fraction of sp³-hybridized carbons (Fsp3) is 0. The molecule has 1 aromatic heterocycles. The van der Waals surface area contributed by atoms with Gasteiger partial charge in [0.25, 0.3) is 0 Å². The largest absolute Gasteiger partial charge is 0.323 e. The van der Waals surface area contributed by atoms with Crippen molar-refractivity contribution >= 4 is 46.4 Å². The number of rotatable bonds is 2. The van der Waals surface area contributed by atoms with Gasteiger partial charge in [-0.1, -0.05) is 23.7 Å². The number of hydrogen-bond acceptors (Lipinski definition) is 4. The van der Waals surface area contributed by atoms with Crippen LogP contribution in [0.25, 0.3) is 0 Å². The smallest absolute Gasteiger partial charge is 0.232 e. The minimum atomic E-state index is 0. The first-order chi connectivity index (χ1) is 7.65. The van der Waals surface area contributed by atoms with E-state index in [2.05, 4.69) is 20.3 Å². The number of nitrogens with zero attached hydrogens (tertiary/aromatic N) is 3. The highest BCUT2D eigenvalue weighted by Gasteiger charge is 2.05. The van der Waals surface area contributed by atoms with Crippen LogP contribution in [0.3, 0.4) is 0 Å². The number of para-hydroxylation sites is 1. The van der Waals surface area contributed by atoms with E-state index >= 15 is 0 Å². The monoisotopic (exact) mass is 294 g/mol. The first-order valence-corrected chi connectivity index (χ1v) is 5.37. The van der Waals surface area contributed by atoms with Crippen LogP contribution in [0, 0.1) is 0 Å². The Labute approximate surface area is 111 Å². The Morgan fingerprint density at radius 3 is 2.06 bits per heavy atom. The summed E-state index contributed by atoms with van der Waals surface area (Å²) in [4.78, 5) is 11.4. The standard InChI is InChI=1S/C9H5Cl3N4.FH/c10-5-3-1-2-4-6(5)13-9-15-7(11)14-8(12)16-9;/h1-4H,(H,13,14,15,16);1H. The summed E-state index contributed by atoms with van der Waals surface area (Å²) >= 11 is 17.2. The molecule has 0 radical (unpaired) electrons. The number of nitrogens with one attached hydrogen (secondary N) is 1. The Morgan fingerprint density at radius 1 is 0.882 bits per heavy atom. The highest BCUT2D eigenvalue weighted by atomic mass is 35.5. The summed E-state index contributed by atoms with van der Waals surface area (Å²) in [6.45, 7) is 0. The molecule has 2 rings (SSSR count). The van der Waals surface area contributed by atoms with E-state index in [9.17, 15) is 0 Å². The van der Waals surface area contributed by atoms with Gasteiger partial charge in [-0.3, -0.25) is 4.70 Å². The average Bonchev–Trinajstić information content (AvgIpc) is 2.20. The van der Waals surface area contributed by atoms with E-state index in [1.165, 1.54) is 0 Å². The van der Waals surface area contributed by atoms with Gasteiger partial charge in [-0.2, -0.15) is 15.0 Å². The summed E-state index contributed by atoms with van der Waals surface area (Å²) in [5.41, 5.74) is 0.669. The topological polar surface area (TPSA) is 50.7 Å². The van der Waals surface area contributed by atoms with Gasteiger partial charge in [-0.25, -0.2) is 0 Å². The second-order valence-electron chi connectivity index (χ2n) is 2.80. The van der Waals surface area contributed by atoms with Gasteiger partial charge in [-0.15, -0.1) is 0 Å². The molecule has 1 N–H and O–H groups in total. The highest BCUT2D eigenvalue weighted by Crippen LogP contribution is 2.23. The molecule has 0 aliphatic heterocycles. The maximum Gasteiger partial charge on any atom is 0.232 e. The molecule has 0 aliphatic rings. The molecule has 17 heavy (non-hydrogen) atoms. The van der Waals surface area contributed by atoms with Crippen molar-refractivity contribution in [2.75, 3.05) is 5.32 Å². The van der Waals surface area contributed by atoms with Crippen LogP contribution in [0.2, 0.25) is 15.6 Å². The van der Waals surface area contributed by atoms with E-state index < -0.39 is 0 Å². The van der Waals surface area contributed by atoms with E-state index in [0.29, 0.717) is 10.7 Å². The SMILES string of the molecule is Clc1nc(Cl)nc(Nc2ccccc2Cl)n1.F. The molecule has 0 fully saturated rings. The number of aromatic nitrogens is 3. The molecular weight excluding hydrogens is 289 g/mol. The second kappa shape index (κ2) is 5.95. The molecule has 2 aromatic rings. The van der Waals surface area contributed by atoms with Gasteiger partial charge in [0.1, 0.15) is 0 Å². The third-order valence-electron chi connectivity index (χ3n) is 1.70. The lowest BCUT2D eigenvalue weighted by Crippen LogP contribution is -1.99. The first kappa shape index (κ1) is 13.9. The summed E-state index contributed by atoms with van der Waals surface area (Å²) in [6, 6.07) is 7.18. The molecule has 0 saturated heterocycles. The molecule has 0 unspecified atom stereocenters. The Morgan fingerprint density at radius 2 is 1.47 bits per heavy atom. The predicted molar refractivity (Wildman–Crippen MR) is 67.1 cm³/mol. The number of halogens is 4. The molecule has 0 spiro atoms. The van der Waals surface area contributed by atoms with Crippen LogP contribution >= 0.6 is 34.8 Å². The fourth-order valence-electron chi connectivity index (χ4n) is 1.06. The predicted octanol–water partition coefficient (Wildman–Crippen LogP) is 3.73. The Balaban J connectivity index is 0.00000144. The van der Waals surface area contributed by atoms with Gasteiger partial charge < -0.3 is 5.32 Å². The molecule has 1 heterocycles. The van der Waals surface area contributed by atoms with Crippen LogP contribution in [0.1, 0.15) is 0 Å². The van der Waals surface area contributed by atoms with Crippen LogP contribution in [0.4, 0.5) is 16.3 Å². The van der Waals surface area contributed by atoms with E-state index in [0.717, 1.165) is 0 Å². The van der Waals surface area contributed by atoms with Crippen LogP contribution in [0.5, 0.6) is 0 Å². The average molecular weight is 296 g/mol. The van der Waals surface area contributed by atoms with Gasteiger partial charge in [0, 0.05) is 0 Å². The minimum Gasteiger partial charge on any atom is -0.323 e. The quantitative estimate of drug-likeness (QED) is 0.917. The lowest BCUT2D eigenvalue weighted by molar-refractivity contribution is 1.05. The van der Waals surface area contributed by atoms with Crippen LogP contribution in [0.15, 0.2) is 24.3 Å². The van der Waals surface area contributed by atoms with Gasteiger partial charge in [0.05, 0.1) is 10.7 Å². The van der Waals surface area contributed by atoms with Crippen molar-refractivity contribution < 1.29 is 4.70 Å². The van der Waals surface area contributed by atoms with Crippen molar-refractivity contribution in [1.29, 1.82) is 0 Å². The van der Waals surface area contributed by atoms with Gasteiger partial charge in [0.2, 0.25) is 16.5 Å². The molecule has 0 amide bonds. The van der Waals surface area contributed by atoms with Crippen molar-refractivity contribution in [1.82, 2.24) is 15.0 Å². The molecule has 0 aliphatic carbocycles. The Kier molecular flexibility index (Phi) is 4.86. The normalized spacial score (nSPS) is 9.59. The van der Waals surface area contributed by atoms with Crippen LogP contribution < -0.4 is 5.32 Å². The highest BCUT2D eigenvalue weighted by molar-refractivity contribution is 6.33. The van der Waals surface area contributed by atoms with Crippen molar-refractivity contribution in [2.45, 2.75) is 0 Å². The second-order valence-corrected chi connectivity index (χ2v) is 3.89. The molecule has 0 atom stereocenters. The molecule has 0 saturated carbocycles. The third-order valence-corrected chi connectivity index (χ3v) is 2.37. The first-order valence-electron chi connectivity index (χ1n) is 4.24. The van der Waals surface area contributed by atoms with Gasteiger partial charge in [-0.05, 0) is 35.3 Å². The third kappa shape index (κ3) is 3.66. The molecule has 0 bridgehead atoms. The van der Waals surface area contributed by atoms with E-state index in [1.54, 1.807) is 12.1 Å². The molecule has 1 aromatic carbocycles. The fourth-order valence-corrected chi connectivity index (χ4v) is 1.61. The summed E-state index contributed by atoms with van der Waals surface area (Å²) in [7, 11) is 0. The van der Waals surface area contributed by atoms with Crippen LogP contribution in [-0.4, -0.2) is 15.0 Å². The lowest BCUT2D eigenvalue weighted by atomic mass is 10.3. The van der Waals surface area contributed by atoms with Crippen molar-refractivity contribution in [3.05, 3.63) is 39.9 Å². The van der Waals surface area contributed by atoms with Gasteiger partial charge >= 0.3 is 0 Å². The molecule has 90 valence electrons. The zero-order valence-corrected chi connectivity index (χ0v) is 10.5. The maximum absolute atomic E-state index is 5.95. The lowest BCUT2D eigenvalue weighted by Gasteiger charge is -2.06. The zero-order chi connectivity index (χ0) is 11.5. The molecule has 4 nitrogen and oxygen atoms in total. The summed E-state index contributed by atoms with van der Waals surface area (Å²) in [6.07, 6.45) is 0. The van der Waals surface area contributed by atoms with Crippen LogP contribution in [-0.2, 0) is 0 Å². The maximum atomic E-state index is 5.95. The summed E-state index contributed by atoms with van der Waals surface area (Å²) in [5, 5.41) is 3.49. The Hall–Kier alpha value is -1.17. The number of benzene rings is 1. The number of hydrogen-bond donors (Lipinski definition) is 1. The van der Waals surface area contributed by atoms with Crippen molar-refractivity contribution in [2.24, 2.45) is 0 Å². The molecular formula is C9H6Cl3FN4. The van der Waals surface area contributed by atoms with E-state index in [4.69, 9.17) is 34.8 Å². The summed E-state index contributed by atoms with van der Waals surface area (Å²) < 4.78 is 0. The zero-order valence-electron chi connectivity index (χ0n) is 8.19. The van der Waals surface area contributed by atoms with E-state index in [-0.39, 0.29) is 21.2 Å².